The number of aromatic nitrogens is 1. The van der Waals surface area contributed by atoms with Crippen LogP contribution in [0.5, 0.6) is 0 Å². The number of ether oxygens (including phenoxy) is 3. The van der Waals surface area contributed by atoms with Crippen LogP contribution in [0.15, 0.2) is 79.1 Å². The largest absolute Gasteiger partial charge is 0.459 e. The Morgan fingerprint density at radius 3 is 1.95 bits per heavy atom. The highest BCUT2D eigenvalue weighted by Gasteiger charge is 2.55. The van der Waals surface area contributed by atoms with Crippen molar-refractivity contribution in [3.63, 3.8) is 0 Å². The standard InChI is InChI=1S/C33H43NO7Si/c1-22(2)42(23(3)4,24(5)6)34-18-17-27(19-34)28(35)29-30(41-32(37)26-15-11-8-12-16-26)33(38,20-39-29)21-40-31(36)25-13-9-7-10-14-25/h7-19,22-24,28-30,35,38H,20-21H2,1-6H3/t28-,29-,30-,33+/m0/s1. The molecule has 0 bridgehead atoms. The number of esters is 2. The molecule has 0 saturated carbocycles. The molecule has 1 aliphatic rings. The van der Waals surface area contributed by atoms with E-state index in [1.165, 1.54) is 0 Å². The minimum atomic E-state index is -2.07. The molecule has 0 unspecified atom stereocenters. The quantitative estimate of drug-likeness (QED) is 0.215. The summed E-state index contributed by atoms with van der Waals surface area (Å²) in [6.07, 6.45) is 0.384. The number of aliphatic hydroxyl groups is 2. The molecule has 2 N–H and O–H groups in total. The van der Waals surface area contributed by atoms with Gasteiger partial charge < -0.3 is 28.7 Å². The Hall–Kier alpha value is -3.24. The van der Waals surface area contributed by atoms with Gasteiger partial charge in [0.2, 0.25) is 0 Å². The molecule has 1 aliphatic heterocycles. The van der Waals surface area contributed by atoms with Gasteiger partial charge in [-0.3, -0.25) is 0 Å². The fourth-order valence-corrected chi connectivity index (χ4v) is 13.3. The van der Waals surface area contributed by atoms with Gasteiger partial charge in [-0.05, 0) is 53.2 Å². The van der Waals surface area contributed by atoms with Gasteiger partial charge in [0.05, 0.1) is 17.7 Å². The summed E-state index contributed by atoms with van der Waals surface area (Å²) >= 11 is 0. The maximum atomic E-state index is 13.1. The number of hydrogen-bond donors (Lipinski definition) is 2. The van der Waals surface area contributed by atoms with E-state index >= 15 is 0 Å². The van der Waals surface area contributed by atoms with E-state index in [0.717, 1.165) is 0 Å². The normalized spacial score (nSPS) is 21.6. The third-order valence-corrected chi connectivity index (χ3v) is 15.4. The average molecular weight is 594 g/mol. The summed E-state index contributed by atoms with van der Waals surface area (Å²) in [4.78, 5) is 25.8. The van der Waals surface area contributed by atoms with E-state index in [1.807, 2.05) is 18.5 Å². The van der Waals surface area contributed by atoms with E-state index in [1.54, 1.807) is 60.7 Å². The first kappa shape index (κ1) is 31.7. The van der Waals surface area contributed by atoms with Crippen LogP contribution in [-0.4, -0.2) is 65.6 Å². The summed E-state index contributed by atoms with van der Waals surface area (Å²) in [6.45, 7) is 12.8. The molecule has 1 saturated heterocycles. The molecule has 226 valence electrons. The molecule has 8 nitrogen and oxygen atoms in total. The van der Waals surface area contributed by atoms with Crippen LogP contribution in [0.25, 0.3) is 0 Å². The molecule has 3 aromatic rings. The minimum absolute atomic E-state index is 0.286. The van der Waals surface area contributed by atoms with E-state index in [4.69, 9.17) is 14.2 Å². The highest BCUT2D eigenvalue weighted by Crippen LogP contribution is 2.44. The van der Waals surface area contributed by atoms with Gasteiger partial charge in [0, 0.05) is 11.8 Å². The maximum absolute atomic E-state index is 13.1. The lowest BCUT2D eigenvalue weighted by atomic mass is 9.92. The van der Waals surface area contributed by atoms with Gasteiger partial charge in [-0.25, -0.2) is 9.59 Å². The van der Waals surface area contributed by atoms with Crippen LogP contribution in [0, 0.1) is 0 Å². The van der Waals surface area contributed by atoms with Gasteiger partial charge in [0.15, 0.2) is 19.9 Å². The van der Waals surface area contributed by atoms with Crippen molar-refractivity contribution in [2.45, 2.75) is 82.1 Å². The molecule has 2 heterocycles. The second-order valence-electron chi connectivity index (χ2n) is 12.2. The zero-order valence-electron chi connectivity index (χ0n) is 25.3. The second-order valence-corrected chi connectivity index (χ2v) is 17.9. The predicted octanol–water partition coefficient (Wildman–Crippen LogP) is 5.76. The third-order valence-electron chi connectivity index (χ3n) is 8.65. The lowest BCUT2D eigenvalue weighted by Gasteiger charge is -2.44. The molecular formula is C33H43NO7Si. The average Bonchev–Trinajstić information content (AvgIpc) is 3.58. The molecule has 4 atom stereocenters. The van der Waals surface area contributed by atoms with Gasteiger partial charge in [-0.15, -0.1) is 0 Å². The lowest BCUT2D eigenvalue weighted by molar-refractivity contribution is -0.104. The fourth-order valence-electron chi connectivity index (χ4n) is 6.79. The van der Waals surface area contributed by atoms with E-state index in [2.05, 4.69) is 45.8 Å². The Labute approximate surface area is 249 Å². The lowest BCUT2D eigenvalue weighted by Crippen LogP contribution is -2.52. The SMILES string of the molecule is CC(C)[Si](C(C)C)(C(C)C)n1ccc([C@H](O)[C@@H]2OC[C@@](O)(COC(=O)c3ccccc3)[C@H]2OC(=O)c2ccccc2)c1. The zero-order valence-corrected chi connectivity index (χ0v) is 26.3. The van der Waals surface area contributed by atoms with E-state index in [0.29, 0.717) is 27.8 Å². The topological polar surface area (TPSA) is 107 Å². The van der Waals surface area contributed by atoms with Crippen molar-refractivity contribution in [1.82, 2.24) is 4.23 Å². The molecule has 4 rings (SSSR count). The minimum Gasteiger partial charge on any atom is -0.459 e. The highest BCUT2D eigenvalue weighted by atomic mass is 28.3. The summed E-state index contributed by atoms with van der Waals surface area (Å²) < 4.78 is 19.5. The van der Waals surface area contributed by atoms with E-state index in [9.17, 15) is 19.8 Å². The number of nitrogens with zero attached hydrogens (tertiary/aromatic N) is 1. The van der Waals surface area contributed by atoms with Crippen LogP contribution in [0.4, 0.5) is 0 Å². The number of carbonyl (C=O) groups excluding carboxylic acids is 2. The van der Waals surface area contributed by atoms with E-state index in [-0.39, 0.29) is 12.2 Å². The maximum Gasteiger partial charge on any atom is 0.338 e. The third kappa shape index (κ3) is 6.10. The van der Waals surface area contributed by atoms with Crippen LogP contribution < -0.4 is 0 Å². The highest BCUT2D eigenvalue weighted by molar-refractivity contribution is 6.82. The van der Waals surface area contributed by atoms with Crippen molar-refractivity contribution in [3.8, 4) is 0 Å². The van der Waals surface area contributed by atoms with Crippen LogP contribution in [0.2, 0.25) is 16.6 Å². The zero-order chi connectivity index (χ0) is 30.7. The number of benzene rings is 2. The molecule has 0 radical (unpaired) electrons. The predicted molar refractivity (Wildman–Crippen MR) is 163 cm³/mol. The Morgan fingerprint density at radius 2 is 1.43 bits per heavy atom. The molecular weight excluding hydrogens is 550 g/mol. The molecule has 0 spiro atoms. The molecule has 0 aliphatic carbocycles. The van der Waals surface area contributed by atoms with Crippen molar-refractivity contribution in [2.75, 3.05) is 13.2 Å². The fraction of sp³-hybridized carbons (Fsp3) is 0.455. The Balaban J connectivity index is 1.63. The number of rotatable bonds is 11. The van der Waals surface area contributed by atoms with Crippen LogP contribution in [0.1, 0.15) is 73.9 Å². The Kier molecular flexibility index (Phi) is 9.77. The number of carbonyl (C=O) groups is 2. The van der Waals surface area contributed by atoms with Crippen molar-refractivity contribution in [3.05, 3.63) is 95.8 Å². The van der Waals surface area contributed by atoms with Crippen LogP contribution in [0.3, 0.4) is 0 Å². The number of aliphatic hydroxyl groups excluding tert-OH is 1. The summed E-state index contributed by atoms with van der Waals surface area (Å²) in [5.41, 5.74) is 0.669. The molecule has 2 aromatic carbocycles. The van der Waals surface area contributed by atoms with Gasteiger partial charge in [0.1, 0.15) is 18.8 Å². The molecule has 1 aromatic heterocycles. The van der Waals surface area contributed by atoms with Gasteiger partial charge >= 0.3 is 11.9 Å². The Bertz CT molecular complexity index is 1320. The molecule has 42 heavy (non-hydrogen) atoms. The first-order valence-electron chi connectivity index (χ1n) is 14.6. The smallest absolute Gasteiger partial charge is 0.338 e. The van der Waals surface area contributed by atoms with Crippen molar-refractivity contribution in [1.29, 1.82) is 0 Å². The van der Waals surface area contributed by atoms with Crippen molar-refractivity contribution in [2.24, 2.45) is 0 Å². The van der Waals surface area contributed by atoms with Crippen molar-refractivity contribution < 1.29 is 34.0 Å². The molecule has 9 heteroatoms. The summed E-state index contributed by atoms with van der Waals surface area (Å²) in [6, 6.07) is 18.7. The van der Waals surface area contributed by atoms with Gasteiger partial charge in [-0.2, -0.15) is 0 Å². The monoisotopic (exact) mass is 593 g/mol. The summed E-state index contributed by atoms with van der Waals surface area (Å²) in [5.74, 6) is -1.31. The van der Waals surface area contributed by atoms with Gasteiger partial charge in [-0.1, -0.05) is 77.9 Å². The first-order chi connectivity index (χ1) is 19.9. The van der Waals surface area contributed by atoms with Crippen LogP contribution >= 0.6 is 0 Å². The molecule has 0 amide bonds. The van der Waals surface area contributed by atoms with Gasteiger partial charge in [0.25, 0.3) is 0 Å². The Morgan fingerprint density at radius 1 is 0.905 bits per heavy atom. The first-order valence-corrected chi connectivity index (χ1v) is 16.8. The van der Waals surface area contributed by atoms with E-state index < -0.39 is 50.7 Å². The summed E-state index contributed by atoms with van der Waals surface area (Å²) in [5, 5.41) is 23.3. The number of hydrogen-bond acceptors (Lipinski definition) is 7. The molecule has 1 fully saturated rings. The second kappa shape index (κ2) is 13.0. The van der Waals surface area contributed by atoms with Crippen LogP contribution in [-0.2, 0) is 14.2 Å². The van der Waals surface area contributed by atoms with Crippen molar-refractivity contribution >= 4 is 20.2 Å². The summed E-state index contributed by atoms with van der Waals surface area (Å²) in [7, 11) is -2.07.